The molecule has 0 saturated carbocycles. The monoisotopic (exact) mass is 442 g/mol. The van der Waals surface area contributed by atoms with Gasteiger partial charge >= 0.3 is 0 Å². The van der Waals surface area contributed by atoms with Crippen LogP contribution in [0.25, 0.3) is 27.6 Å². The molecule has 0 fully saturated rings. The van der Waals surface area contributed by atoms with Gasteiger partial charge in [0.05, 0.1) is 10.6 Å². The number of thioether (sulfide) groups is 1. The highest BCUT2D eigenvalue weighted by Crippen LogP contribution is 2.29. The molecule has 0 aliphatic rings. The normalized spacial score (nSPS) is 11.3. The number of hydrogen-bond acceptors (Lipinski definition) is 5. The molecule has 1 N–H and O–H groups in total. The van der Waals surface area contributed by atoms with Gasteiger partial charge in [-0.1, -0.05) is 54.2 Å². The van der Waals surface area contributed by atoms with Crippen molar-refractivity contribution in [1.82, 2.24) is 14.5 Å². The Kier molecular flexibility index (Phi) is 4.99. The molecule has 0 amide bonds. The van der Waals surface area contributed by atoms with Crippen LogP contribution in [0.5, 0.6) is 0 Å². The summed E-state index contributed by atoms with van der Waals surface area (Å²) in [6.07, 6.45) is 0. The van der Waals surface area contributed by atoms with Gasteiger partial charge in [-0.15, -0.1) is 0 Å². The highest BCUT2D eigenvalue weighted by molar-refractivity contribution is 7.98. The van der Waals surface area contributed by atoms with Gasteiger partial charge in [0.2, 0.25) is 0 Å². The number of aromatic nitrogens is 3. The Morgan fingerprint density at radius 3 is 2.50 bits per heavy atom. The van der Waals surface area contributed by atoms with Crippen molar-refractivity contribution in [2.24, 2.45) is 0 Å². The Labute approximate surface area is 186 Å². The fraction of sp³-hybridized carbons (Fsp3) is 0.0833. The van der Waals surface area contributed by atoms with Crippen molar-refractivity contribution < 1.29 is 4.92 Å². The molecule has 3 aromatic carbocycles. The minimum Gasteiger partial charge on any atom is -0.349 e. The molecule has 5 aromatic rings. The molecule has 0 atom stereocenters. The molecule has 0 aliphatic heterocycles. The number of benzene rings is 3. The summed E-state index contributed by atoms with van der Waals surface area (Å²) in [5.74, 6) is 0.639. The molecule has 8 heteroatoms. The number of aryl methyl sites for hydroxylation is 1. The molecule has 0 bridgehead atoms. The summed E-state index contributed by atoms with van der Waals surface area (Å²) in [5.41, 5.74) is 4.44. The van der Waals surface area contributed by atoms with E-state index < -0.39 is 4.92 Å². The molecule has 32 heavy (non-hydrogen) atoms. The lowest BCUT2D eigenvalue weighted by Gasteiger charge is -2.13. The van der Waals surface area contributed by atoms with E-state index in [2.05, 4.69) is 24.0 Å². The van der Waals surface area contributed by atoms with E-state index in [-0.39, 0.29) is 11.2 Å². The molecule has 2 heterocycles. The molecule has 5 rings (SSSR count). The number of fused-ring (bicyclic) bond motifs is 3. The second-order valence-corrected chi connectivity index (χ2v) is 8.36. The SMILES string of the molecule is Cc1ccccc1CSc1nc2c([nH]c3ccccc32)c(=O)n1-c1ccc([N+](=O)[O-])cc1. The van der Waals surface area contributed by atoms with Crippen molar-refractivity contribution in [1.29, 1.82) is 0 Å². The van der Waals surface area contributed by atoms with Crippen molar-refractivity contribution in [2.45, 2.75) is 17.8 Å². The molecule has 0 aliphatic carbocycles. The van der Waals surface area contributed by atoms with Crippen LogP contribution >= 0.6 is 11.8 Å². The number of rotatable bonds is 5. The largest absolute Gasteiger partial charge is 0.349 e. The molecule has 0 radical (unpaired) electrons. The Balaban J connectivity index is 1.70. The summed E-state index contributed by atoms with van der Waals surface area (Å²) >= 11 is 1.46. The van der Waals surface area contributed by atoms with Gasteiger partial charge in [-0.3, -0.25) is 19.5 Å². The summed E-state index contributed by atoms with van der Waals surface area (Å²) in [5, 5.41) is 12.5. The van der Waals surface area contributed by atoms with Gasteiger partial charge in [-0.2, -0.15) is 0 Å². The zero-order valence-electron chi connectivity index (χ0n) is 17.1. The summed E-state index contributed by atoms with van der Waals surface area (Å²) < 4.78 is 1.52. The minimum atomic E-state index is -0.459. The lowest BCUT2D eigenvalue weighted by atomic mass is 10.1. The molecular formula is C24H18N4O3S. The highest BCUT2D eigenvalue weighted by atomic mass is 32.2. The van der Waals surface area contributed by atoms with E-state index in [4.69, 9.17) is 4.98 Å². The van der Waals surface area contributed by atoms with Gasteiger partial charge in [0, 0.05) is 28.8 Å². The van der Waals surface area contributed by atoms with Gasteiger partial charge in [-0.05, 0) is 36.2 Å². The average Bonchev–Trinajstić information content (AvgIpc) is 3.18. The van der Waals surface area contributed by atoms with E-state index in [1.165, 1.54) is 28.5 Å². The molecule has 158 valence electrons. The van der Waals surface area contributed by atoms with Crippen LogP contribution in [0.1, 0.15) is 11.1 Å². The van der Waals surface area contributed by atoms with E-state index in [0.717, 1.165) is 22.0 Å². The highest BCUT2D eigenvalue weighted by Gasteiger charge is 2.18. The van der Waals surface area contributed by atoms with Crippen LogP contribution in [0.3, 0.4) is 0 Å². The van der Waals surface area contributed by atoms with Gasteiger partial charge in [-0.25, -0.2) is 4.98 Å². The maximum atomic E-state index is 13.6. The fourth-order valence-electron chi connectivity index (χ4n) is 3.70. The van der Waals surface area contributed by atoms with Crippen molar-refractivity contribution in [3.05, 3.63) is 104 Å². The average molecular weight is 443 g/mol. The van der Waals surface area contributed by atoms with E-state index in [1.807, 2.05) is 36.4 Å². The fourth-order valence-corrected chi connectivity index (χ4v) is 4.79. The second kappa shape index (κ2) is 7.97. The maximum absolute atomic E-state index is 13.6. The maximum Gasteiger partial charge on any atom is 0.283 e. The Bertz CT molecular complexity index is 1540. The van der Waals surface area contributed by atoms with Crippen LogP contribution in [0.15, 0.2) is 82.7 Å². The topological polar surface area (TPSA) is 93.8 Å². The molecular weight excluding hydrogens is 424 g/mol. The third kappa shape index (κ3) is 3.44. The molecule has 7 nitrogen and oxygen atoms in total. The number of aromatic amines is 1. The number of H-pyrrole nitrogens is 1. The third-order valence-corrected chi connectivity index (χ3v) is 6.42. The van der Waals surface area contributed by atoms with Crippen LogP contribution in [0.2, 0.25) is 0 Å². The standard InChI is InChI=1S/C24H18N4O3S/c1-15-6-2-3-7-16(15)14-32-24-26-21-19-8-4-5-9-20(19)25-22(21)23(29)27(24)17-10-12-18(13-11-17)28(30)31/h2-13,25H,14H2,1H3. The van der Waals surface area contributed by atoms with Crippen molar-refractivity contribution >= 4 is 39.4 Å². The van der Waals surface area contributed by atoms with Crippen molar-refractivity contribution in [3.8, 4) is 5.69 Å². The first kappa shape index (κ1) is 20.0. The van der Waals surface area contributed by atoms with Gasteiger partial charge in [0.1, 0.15) is 11.0 Å². The zero-order valence-corrected chi connectivity index (χ0v) is 17.9. The number of nitrogens with zero attached hydrogens (tertiary/aromatic N) is 3. The lowest BCUT2D eigenvalue weighted by Crippen LogP contribution is -2.21. The molecule has 0 spiro atoms. The summed E-state index contributed by atoms with van der Waals surface area (Å²) in [4.78, 5) is 32.2. The number of nitrogens with one attached hydrogen (secondary N) is 1. The van der Waals surface area contributed by atoms with Gasteiger partial charge < -0.3 is 4.98 Å². The lowest BCUT2D eigenvalue weighted by molar-refractivity contribution is -0.384. The minimum absolute atomic E-state index is 0.0319. The van der Waals surface area contributed by atoms with Crippen LogP contribution in [0, 0.1) is 17.0 Å². The van der Waals surface area contributed by atoms with Crippen LogP contribution in [-0.2, 0) is 5.75 Å². The number of nitro benzene ring substituents is 1. The van der Waals surface area contributed by atoms with Crippen molar-refractivity contribution in [2.75, 3.05) is 0 Å². The Hall–Kier alpha value is -3.91. The predicted molar refractivity (Wildman–Crippen MR) is 127 cm³/mol. The van der Waals surface area contributed by atoms with E-state index in [0.29, 0.717) is 27.6 Å². The zero-order chi connectivity index (χ0) is 22.2. The number of nitro groups is 1. The van der Waals surface area contributed by atoms with Gasteiger partial charge in [0.15, 0.2) is 5.16 Å². The summed E-state index contributed by atoms with van der Waals surface area (Å²) in [6.45, 7) is 2.05. The number of non-ortho nitro benzene ring substituents is 1. The molecule has 0 unspecified atom stereocenters. The Morgan fingerprint density at radius 1 is 1.03 bits per heavy atom. The Morgan fingerprint density at radius 2 is 1.75 bits per heavy atom. The van der Waals surface area contributed by atoms with E-state index in [1.54, 1.807) is 12.1 Å². The van der Waals surface area contributed by atoms with Gasteiger partial charge in [0.25, 0.3) is 11.2 Å². The number of para-hydroxylation sites is 1. The first-order valence-corrected chi connectivity index (χ1v) is 11.0. The molecule has 0 saturated heterocycles. The van der Waals surface area contributed by atoms with E-state index in [9.17, 15) is 14.9 Å². The smallest absolute Gasteiger partial charge is 0.283 e. The van der Waals surface area contributed by atoms with Crippen LogP contribution in [0.4, 0.5) is 5.69 Å². The predicted octanol–water partition coefficient (Wildman–Crippen LogP) is 5.38. The van der Waals surface area contributed by atoms with Crippen LogP contribution in [-0.4, -0.2) is 19.5 Å². The number of hydrogen-bond donors (Lipinski definition) is 1. The first-order valence-electron chi connectivity index (χ1n) is 9.98. The molecule has 2 aromatic heterocycles. The van der Waals surface area contributed by atoms with Crippen LogP contribution < -0.4 is 5.56 Å². The van der Waals surface area contributed by atoms with E-state index >= 15 is 0 Å². The van der Waals surface area contributed by atoms with Crippen molar-refractivity contribution in [3.63, 3.8) is 0 Å². The summed E-state index contributed by atoms with van der Waals surface area (Å²) in [6, 6.07) is 21.7. The quantitative estimate of drug-likeness (QED) is 0.171. The third-order valence-electron chi connectivity index (χ3n) is 5.43. The second-order valence-electron chi connectivity index (χ2n) is 7.42. The first-order chi connectivity index (χ1) is 15.5. The summed E-state index contributed by atoms with van der Waals surface area (Å²) in [7, 11) is 0.